The Labute approximate surface area is 96.5 Å². The lowest BCUT2D eigenvalue weighted by molar-refractivity contribution is 0.615. The van der Waals surface area contributed by atoms with Crippen LogP contribution in [0, 0.1) is 5.92 Å². The van der Waals surface area contributed by atoms with Gasteiger partial charge in [0.05, 0.1) is 0 Å². The predicted octanol–water partition coefficient (Wildman–Crippen LogP) is 3.51. The lowest BCUT2D eigenvalue weighted by Crippen LogP contribution is -2.13. The highest BCUT2D eigenvalue weighted by Crippen LogP contribution is 2.31. The molecule has 0 aliphatic carbocycles. The highest BCUT2D eigenvalue weighted by atomic mass is 14.9. The second-order valence-corrected chi connectivity index (χ2v) is 4.87. The molecule has 1 heteroatoms. The molecule has 2 aromatic rings. The number of rotatable bonds is 1. The molecule has 0 aromatic heterocycles. The molecule has 1 nitrogen and oxygen atoms in total. The van der Waals surface area contributed by atoms with E-state index in [1.54, 1.807) is 0 Å². The molecular formula is C15H17N. The highest BCUT2D eigenvalue weighted by Gasteiger charge is 2.22. The van der Waals surface area contributed by atoms with Gasteiger partial charge in [-0.25, -0.2) is 0 Å². The number of benzene rings is 2. The van der Waals surface area contributed by atoms with Crippen molar-refractivity contribution in [3.63, 3.8) is 0 Å². The Bertz CT molecular complexity index is 498. The van der Waals surface area contributed by atoms with Gasteiger partial charge in [0.1, 0.15) is 0 Å². The summed E-state index contributed by atoms with van der Waals surface area (Å²) in [7, 11) is 0. The molecule has 0 saturated carbocycles. The van der Waals surface area contributed by atoms with Crippen LogP contribution in [0.2, 0.25) is 0 Å². The van der Waals surface area contributed by atoms with Gasteiger partial charge in [0.2, 0.25) is 0 Å². The van der Waals surface area contributed by atoms with Crippen molar-refractivity contribution in [1.29, 1.82) is 0 Å². The zero-order chi connectivity index (χ0) is 11.0. The smallest absolute Gasteiger partial charge is 0.0329 e. The fraction of sp³-hybridized carbons (Fsp3) is 0.333. The minimum atomic E-state index is 0.543. The van der Waals surface area contributed by atoms with Gasteiger partial charge in [-0.15, -0.1) is 0 Å². The van der Waals surface area contributed by atoms with E-state index in [4.69, 9.17) is 0 Å². The Hall–Kier alpha value is -1.34. The SMILES string of the molecule is CC1CNC(c2cccc3ccccc23)C1. The lowest BCUT2D eigenvalue weighted by Gasteiger charge is -2.13. The molecule has 2 unspecified atom stereocenters. The van der Waals surface area contributed by atoms with Crippen molar-refractivity contribution in [3.8, 4) is 0 Å². The molecule has 0 spiro atoms. The molecule has 1 saturated heterocycles. The first-order chi connectivity index (χ1) is 7.84. The zero-order valence-corrected chi connectivity index (χ0v) is 9.61. The first kappa shape index (κ1) is 9.86. The van der Waals surface area contributed by atoms with Crippen molar-refractivity contribution in [2.75, 3.05) is 6.54 Å². The van der Waals surface area contributed by atoms with Crippen LogP contribution < -0.4 is 5.32 Å². The average Bonchev–Trinajstić information content (AvgIpc) is 2.75. The van der Waals surface area contributed by atoms with Crippen molar-refractivity contribution >= 4 is 10.8 Å². The van der Waals surface area contributed by atoms with E-state index >= 15 is 0 Å². The summed E-state index contributed by atoms with van der Waals surface area (Å²) in [4.78, 5) is 0. The average molecular weight is 211 g/mol. The maximum atomic E-state index is 3.61. The summed E-state index contributed by atoms with van der Waals surface area (Å²) in [5.74, 6) is 0.795. The molecule has 0 bridgehead atoms. The Balaban J connectivity index is 2.09. The third-order valence-electron chi connectivity index (χ3n) is 3.55. The molecule has 0 radical (unpaired) electrons. The monoisotopic (exact) mass is 211 g/mol. The summed E-state index contributed by atoms with van der Waals surface area (Å²) < 4.78 is 0. The molecule has 16 heavy (non-hydrogen) atoms. The summed E-state index contributed by atoms with van der Waals surface area (Å²) in [6, 6.07) is 15.8. The van der Waals surface area contributed by atoms with Gasteiger partial charge in [-0.3, -0.25) is 0 Å². The van der Waals surface area contributed by atoms with Crippen molar-refractivity contribution in [1.82, 2.24) is 5.32 Å². The quantitative estimate of drug-likeness (QED) is 0.761. The van der Waals surface area contributed by atoms with Gasteiger partial charge in [0, 0.05) is 6.04 Å². The largest absolute Gasteiger partial charge is 0.310 e. The van der Waals surface area contributed by atoms with E-state index < -0.39 is 0 Å². The van der Waals surface area contributed by atoms with E-state index in [9.17, 15) is 0 Å². The van der Waals surface area contributed by atoms with E-state index in [0.717, 1.165) is 12.5 Å². The van der Waals surface area contributed by atoms with Crippen LogP contribution in [-0.4, -0.2) is 6.54 Å². The van der Waals surface area contributed by atoms with Crippen molar-refractivity contribution in [3.05, 3.63) is 48.0 Å². The zero-order valence-electron chi connectivity index (χ0n) is 9.61. The number of nitrogens with one attached hydrogen (secondary N) is 1. The fourth-order valence-electron chi connectivity index (χ4n) is 2.70. The van der Waals surface area contributed by atoms with Crippen LogP contribution in [0.1, 0.15) is 24.9 Å². The fourth-order valence-corrected chi connectivity index (χ4v) is 2.70. The van der Waals surface area contributed by atoms with Crippen LogP contribution in [0.25, 0.3) is 10.8 Å². The molecule has 3 rings (SSSR count). The summed E-state index contributed by atoms with van der Waals surface area (Å²) in [5.41, 5.74) is 1.46. The molecule has 2 atom stereocenters. The molecule has 1 N–H and O–H groups in total. The Morgan fingerprint density at radius 1 is 1.06 bits per heavy atom. The van der Waals surface area contributed by atoms with E-state index in [2.05, 4.69) is 54.7 Å². The van der Waals surface area contributed by atoms with Gasteiger partial charge in [0.15, 0.2) is 0 Å². The number of fused-ring (bicyclic) bond motifs is 1. The second kappa shape index (κ2) is 3.91. The van der Waals surface area contributed by atoms with Crippen molar-refractivity contribution in [2.45, 2.75) is 19.4 Å². The van der Waals surface area contributed by atoms with Gasteiger partial charge < -0.3 is 5.32 Å². The standard InChI is InChI=1S/C15H17N/c1-11-9-15(16-10-11)14-8-4-6-12-5-2-3-7-13(12)14/h2-8,11,15-16H,9-10H2,1H3. The van der Waals surface area contributed by atoms with E-state index in [1.807, 2.05) is 0 Å². The van der Waals surface area contributed by atoms with Gasteiger partial charge in [-0.2, -0.15) is 0 Å². The number of hydrogen-bond acceptors (Lipinski definition) is 1. The number of hydrogen-bond donors (Lipinski definition) is 1. The van der Waals surface area contributed by atoms with Crippen LogP contribution in [-0.2, 0) is 0 Å². The Kier molecular flexibility index (Phi) is 2.41. The Morgan fingerprint density at radius 2 is 1.88 bits per heavy atom. The van der Waals surface area contributed by atoms with E-state index in [0.29, 0.717) is 6.04 Å². The third kappa shape index (κ3) is 1.61. The molecular weight excluding hydrogens is 194 g/mol. The third-order valence-corrected chi connectivity index (χ3v) is 3.55. The maximum absolute atomic E-state index is 3.61. The predicted molar refractivity (Wildman–Crippen MR) is 68.5 cm³/mol. The van der Waals surface area contributed by atoms with Gasteiger partial charge >= 0.3 is 0 Å². The maximum Gasteiger partial charge on any atom is 0.0329 e. The summed E-state index contributed by atoms with van der Waals surface area (Å²) in [5, 5.41) is 6.36. The van der Waals surface area contributed by atoms with Crippen LogP contribution in [0.5, 0.6) is 0 Å². The first-order valence-corrected chi connectivity index (χ1v) is 6.05. The molecule has 1 aliphatic heterocycles. The highest BCUT2D eigenvalue weighted by molar-refractivity contribution is 5.86. The molecule has 1 aliphatic rings. The van der Waals surface area contributed by atoms with Crippen LogP contribution in [0.15, 0.2) is 42.5 Å². The molecule has 1 heterocycles. The lowest BCUT2D eigenvalue weighted by atomic mass is 9.96. The van der Waals surface area contributed by atoms with Crippen molar-refractivity contribution in [2.24, 2.45) is 5.92 Å². The summed E-state index contributed by atoms with van der Waals surface area (Å²) >= 11 is 0. The minimum Gasteiger partial charge on any atom is -0.310 e. The second-order valence-electron chi connectivity index (χ2n) is 4.87. The van der Waals surface area contributed by atoms with Crippen LogP contribution >= 0.6 is 0 Å². The molecule has 0 amide bonds. The molecule has 82 valence electrons. The van der Waals surface area contributed by atoms with Gasteiger partial charge in [0.25, 0.3) is 0 Å². The van der Waals surface area contributed by atoms with E-state index in [1.165, 1.54) is 22.8 Å². The first-order valence-electron chi connectivity index (χ1n) is 6.05. The normalized spacial score (nSPS) is 25.1. The van der Waals surface area contributed by atoms with Gasteiger partial charge in [-0.05, 0) is 35.2 Å². The van der Waals surface area contributed by atoms with Crippen LogP contribution in [0.3, 0.4) is 0 Å². The summed E-state index contributed by atoms with van der Waals surface area (Å²) in [6.45, 7) is 3.46. The van der Waals surface area contributed by atoms with E-state index in [-0.39, 0.29) is 0 Å². The van der Waals surface area contributed by atoms with Crippen molar-refractivity contribution < 1.29 is 0 Å². The Morgan fingerprint density at radius 3 is 2.69 bits per heavy atom. The molecule has 2 aromatic carbocycles. The van der Waals surface area contributed by atoms with Crippen LogP contribution in [0.4, 0.5) is 0 Å². The molecule has 1 fully saturated rings. The topological polar surface area (TPSA) is 12.0 Å². The minimum absolute atomic E-state index is 0.543. The summed E-state index contributed by atoms with van der Waals surface area (Å²) in [6.07, 6.45) is 1.26. The van der Waals surface area contributed by atoms with Gasteiger partial charge in [-0.1, -0.05) is 49.4 Å².